The summed E-state index contributed by atoms with van der Waals surface area (Å²) in [6, 6.07) is 8.68. The first kappa shape index (κ1) is 17.8. The lowest BCUT2D eigenvalue weighted by atomic mass is 9.88. The maximum atomic E-state index is 9.31. The average molecular weight is 386 g/mol. The highest BCUT2D eigenvalue weighted by atomic mass is 15.1. The van der Waals surface area contributed by atoms with Gasteiger partial charge in [0.05, 0.1) is 11.4 Å². The predicted octanol–water partition coefficient (Wildman–Crippen LogP) is 0.459. The van der Waals surface area contributed by atoms with E-state index in [4.69, 9.17) is 0 Å². The molecule has 1 aliphatic carbocycles. The van der Waals surface area contributed by atoms with Crippen molar-refractivity contribution in [2.24, 2.45) is 9.98 Å². The van der Waals surface area contributed by atoms with Crippen LogP contribution in [-0.2, 0) is 0 Å². The number of aliphatic imine (C=N–C) groups is 2. The topological polar surface area (TPSA) is 219 Å². The normalized spacial score (nSPS) is 17.5. The van der Waals surface area contributed by atoms with Gasteiger partial charge in [-0.3, -0.25) is 9.98 Å². The monoisotopic (exact) mass is 386 g/mol. The molecule has 0 bridgehead atoms. The minimum absolute atomic E-state index is 0.0342. The molecule has 12 nitrogen and oxygen atoms in total. The Labute approximate surface area is 167 Å². The first-order valence-corrected chi connectivity index (χ1v) is 8.00. The van der Waals surface area contributed by atoms with E-state index in [9.17, 15) is 31.6 Å². The van der Waals surface area contributed by atoms with Crippen molar-refractivity contribution in [1.82, 2.24) is 19.9 Å². The minimum atomic E-state index is -0.986. The van der Waals surface area contributed by atoms with Crippen molar-refractivity contribution in [3.8, 4) is 47.8 Å². The van der Waals surface area contributed by atoms with Crippen molar-refractivity contribution in [3.05, 3.63) is 34.2 Å². The molecule has 2 aliphatic rings. The maximum Gasteiger partial charge on any atom is 0.177 e. The molecule has 2 atom stereocenters. The molecule has 30 heavy (non-hydrogen) atoms. The van der Waals surface area contributed by atoms with Gasteiger partial charge in [-0.15, -0.1) is 0 Å². The highest BCUT2D eigenvalue weighted by Gasteiger charge is 2.42. The average Bonchev–Trinajstić information content (AvgIpc) is 2.81. The van der Waals surface area contributed by atoms with Gasteiger partial charge in [-0.05, 0) is 0 Å². The summed E-state index contributed by atoms with van der Waals surface area (Å²) in [5.74, 6) is 0. The van der Waals surface area contributed by atoms with E-state index >= 15 is 0 Å². The van der Waals surface area contributed by atoms with E-state index in [1.54, 1.807) is 36.4 Å². The molecule has 134 valence electrons. The number of aromatic nitrogens is 4. The van der Waals surface area contributed by atoms with Gasteiger partial charge in [0.15, 0.2) is 34.2 Å². The Kier molecular flexibility index (Phi) is 3.90. The van der Waals surface area contributed by atoms with Crippen molar-refractivity contribution in [3.63, 3.8) is 0 Å². The number of nitrogens with zero attached hydrogens (tertiary/aromatic N) is 12. The summed E-state index contributed by atoms with van der Waals surface area (Å²) in [7, 11) is 0. The highest BCUT2D eigenvalue weighted by Crippen LogP contribution is 2.47. The molecule has 0 spiro atoms. The van der Waals surface area contributed by atoms with Gasteiger partial charge < -0.3 is 0 Å². The van der Waals surface area contributed by atoms with Gasteiger partial charge in [0.25, 0.3) is 0 Å². The minimum Gasteiger partial charge on any atom is -0.259 e. The van der Waals surface area contributed by atoms with Crippen LogP contribution in [0, 0.1) is 68.0 Å². The Balaban J connectivity index is 2.14. The summed E-state index contributed by atoms with van der Waals surface area (Å²) in [4.78, 5) is 25.1. The van der Waals surface area contributed by atoms with Crippen molar-refractivity contribution < 1.29 is 0 Å². The zero-order chi connectivity index (χ0) is 21.4. The molecule has 3 heterocycles. The third-order valence-corrected chi connectivity index (χ3v) is 4.33. The van der Waals surface area contributed by atoms with Crippen LogP contribution < -0.4 is 0 Å². The van der Waals surface area contributed by atoms with Crippen LogP contribution in [0.1, 0.15) is 46.2 Å². The quantitative estimate of drug-likeness (QED) is 0.608. The van der Waals surface area contributed by atoms with Gasteiger partial charge in [-0.1, -0.05) is 0 Å². The predicted molar refractivity (Wildman–Crippen MR) is 93.5 cm³/mol. The van der Waals surface area contributed by atoms with E-state index in [2.05, 4.69) is 29.9 Å². The molecule has 1 aliphatic heterocycles. The third kappa shape index (κ3) is 2.34. The molecule has 12 heteroatoms. The summed E-state index contributed by atoms with van der Waals surface area (Å²) in [5.41, 5.74) is -1.27. The Hall–Kier alpha value is -5.56. The van der Waals surface area contributed by atoms with E-state index < -0.39 is 12.1 Å². The van der Waals surface area contributed by atoms with Gasteiger partial charge >= 0.3 is 0 Å². The molecule has 0 saturated carbocycles. The number of hydrogen-bond acceptors (Lipinski definition) is 12. The van der Waals surface area contributed by atoms with Crippen molar-refractivity contribution in [2.45, 2.75) is 12.1 Å². The lowest BCUT2D eigenvalue weighted by Crippen LogP contribution is -2.28. The molecule has 0 N–H and O–H groups in total. The van der Waals surface area contributed by atoms with Crippen LogP contribution in [0.25, 0.3) is 11.4 Å². The fraction of sp³-hybridized carbons (Fsp3) is 0.111. The molecule has 2 aromatic heterocycles. The van der Waals surface area contributed by atoms with E-state index in [-0.39, 0.29) is 57.0 Å². The zero-order valence-electron chi connectivity index (χ0n) is 14.5. The van der Waals surface area contributed by atoms with Crippen LogP contribution >= 0.6 is 0 Å². The summed E-state index contributed by atoms with van der Waals surface area (Å²) in [6.07, 6.45) is 0. The molecular weight excluding hydrogens is 384 g/mol. The Morgan fingerprint density at radius 1 is 0.467 bits per heavy atom. The molecule has 2 unspecified atom stereocenters. The SMILES string of the molecule is N#CC1=NC2c3nc(C#N)c(C#N)nc3-c3nc(C#N)c(C#N)nc3C2N=C1C#N. The Morgan fingerprint density at radius 2 is 0.800 bits per heavy atom. The molecule has 0 amide bonds. The van der Waals surface area contributed by atoms with Crippen molar-refractivity contribution in [2.75, 3.05) is 0 Å². The maximum absolute atomic E-state index is 9.31. The lowest BCUT2D eigenvalue weighted by Gasteiger charge is -2.30. The largest absolute Gasteiger partial charge is 0.259 e. The molecule has 4 rings (SSSR count). The summed E-state index contributed by atoms with van der Waals surface area (Å²) < 4.78 is 0. The van der Waals surface area contributed by atoms with Crippen molar-refractivity contribution in [1.29, 1.82) is 31.6 Å². The zero-order valence-corrected chi connectivity index (χ0v) is 14.5. The van der Waals surface area contributed by atoms with E-state index in [1.165, 1.54) is 0 Å². The smallest absolute Gasteiger partial charge is 0.177 e. The number of rotatable bonds is 0. The molecule has 0 aromatic carbocycles. The van der Waals surface area contributed by atoms with Crippen LogP contribution in [0.3, 0.4) is 0 Å². The Bertz CT molecular complexity index is 1360. The van der Waals surface area contributed by atoms with Crippen LogP contribution in [0.15, 0.2) is 9.98 Å². The molecular formula is C18H2N12. The summed E-state index contributed by atoms with van der Waals surface area (Å²) >= 11 is 0. The van der Waals surface area contributed by atoms with Crippen LogP contribution in [0.4, 0.5) is 0 Å². The van der Waals surface area contributed by atoms with Crippen molar-refractivity contribution >= 4 is 11.4 Å². The Morgan fingerprint density at radius 3 is 1.10 bits per heavy atom. The van der Waals surface area contributed by atoms with Crippen LogP contribution in [0.2, 0.25) is 0 Å². The molecule has 0 radical (unpaired) electrons. The third-order valence-electron chi connectivity index (χ3n) is 4.33. The standard InChI is InChI=1S/C18H2N12/c19-1-7-8(2-20)26-14-13(25-7)15-17(29-10(4-22)9(3-21)27-15)18-16(14)28-11(5-23)12(6-24)30-18/h13-14H. The fourth-order valence-electron chi connectivity index (χ4n) is 3.10. The van der Waals surface area contributed by atoms with Crippen LogP contribution in [0.5, 0.6) is 0 Å². The second-order valence-corrected chi connectivity index (χ2v) is 5.83. The van der Waals surface area contributed by atoms with Gasteiger partial charge in [0.2, 0.25) is 0 Å². The van der Waals surface area contributed by atoms with E-state index in [0.29, 0.717) is 0 Å². The second-order valence-electron chi connectivity index (χ2n) is 5.83. The number of nitriles is 6. The molecule has 2 aromatic rings. The lowest BCUT2D eigenvalue weighted by molar-refractivity contribution is 0.535. The van der Waals surface area contributed by atoms with Crippen LogP contribution in [-0.4, -0.2) is 31.4 Å². The highest BCUT2D eigenvalue weighted by molar-refractivity contribution is 6.53. The number of fused-ring (bicyclic) bond motifs is 6. The van der Waals surface area contributed by atoms with E-state index in [0.717, 1.165) is 0 Å². The molecule has 0 saturated heterocycles. The summed E-state index contributed by atoms with van der Waals surface area (Å²) in [6.45, 7) is 0. The van der Waals surface area contributed by atoms with Gasteiger partial charge in [0.1, 0.15) is 59.9 Å². The second kappa shape index (κ2) is 6.55. The van der Waals surface area contributed by atoms with Gasteiger partial charge in [-0.2, -0.15) is 31.6 Å². The first-order chi connectivity index (χ1) is 14.6. The first-order valence-electron chi connectivity index (χ1n) is 8.00. The summed E-state index contributed by atoms with van der Waals surface area (Å²) in [5, 5.41) is 55.8. The van der Waals surface area contributed by atoms with Gasteiger partial charge in [-0.25, -0.2) is 19.9 Å². The molecule has 0 fully saturated rings. The van der Waals surface area contributed by atoms with Gasteiger partial charge in [0, 0.05) is 0 Å². The fourth-order valence-corrected chi connectivity index (χ4v) is 3.10. The number of hydrogen-bond donors (Lipinski definition) is 0. The van der Waals surface area contributed by atoms with E-state index in [1.807, 2.05) is 0 Å².